The van der Waals surface area contributed by atoms with Gasteiger partial charge in [-0.1, -0.05) is 145 Å². The van der Waals surface area contributed by atoms with Gasteiger partial charge in [-0.05, 0) is 77.0 Å². The molecule has 12 heteroatoms. The van der Waals surface area contributed by atoms with E-state index in [1.165, 1.54) is 57.8 Å². The third-order valence-corrected chi connectivity index (χ3v) is 10.2. The van der Waals surface area contributed by atoms with E-state index in [1.54, 1.807) is 0 Å². The molecular weight excluding hydrogens is 759 g/mol. The molecule has 4 atom stereocenters. The maximum absolute atomic E-state index is 12.6. The van der Waals surface area contributed by atoms with Gasteiger partial charge >= 0.3 is 19.8 Å². The topological polar surface area (TPSA) is 169 Å². The van der Waals surface area contributed by atoms with Gasteiger partial charge in [-0.25, -0.2) is 4.57 Å². The number of hydrogen-bond acceptors (Lipinski definition) is 10. The summed E-state index contributed by atoms with van der Waals surface area (Å²) in [4.78, 5) is 35.0. The van der Waals surface area contributed by atoms with Crippen LogP contribution in [0.4, 0.5) is 0 Å². The van der Waals surface area contributed by atoms with E-state index in [0.717, 1.165) is 64.2 Å². The molecule has 0 radical (unpaired) electrons. The molecule has 0 rings (SSSR count). The lowest BCUT2D eigenvalue weighted by Crippen LogP contribution is -2.29. The molecule has 0 amide bonds. The largest absolute Gasteiger partial charge is 0.472 e. The van der Waals surface area contributed by atoms with Crippen molar-refractivity contribution in [2.75, 3.05) is 26.4 Å². The molecule has 0 aromatic rings. The van der Waals surface area contributed by atoms with Gasteiger partial charge in [-0.3, -0.25) is 18.6 Å². The van der Waals surface area contributed by atoms with Gasteiger partial charge < -0.3 is 29.7 Å². The minimum absolute atomic E-state index is 0.148. The quantitative estimate of drug-likeness (QED) is 0.0200. The van der Waals surface area contributed by atoms with E-state index in [1.807, 2.05) is 18.2 Å². The highest BCUT2D eigenvalue weighted by molar-refractivity contribution is 7.47. The van der Waals surface area contributed by atoms with Crippen LogP contribution in [0.15, 0.2) is 60.8 Å². The summed E-state index contributed by atoms with van der Waals surface area (Å²) in [6, 6.07) is 0. The predicted molar refractivity (Wildman–Crippen MR) is 234 cm³/mol. The fourth-order valence-electron chi connectivity index (χ4n) is 5.76. The van der Waals surface area contributed by atoms with Gasteiger partial charge in [-0.15, -0.1) is 0 Å². The zero-order valence-corrected chi connectivity index (χ0v) is 37.0. The standard InChI is InChI=1S/C46H81O11P/c1-3-5-6-7-8-9-10-11-12-13-14-17-21-24-27-30-33-37-46(51)57-44(41-56-58(52,53)55-39-43(49)38-47)40-54-45(50)36-32-29-26-23-20-18-15-16-19-22-25-28-31-35-42(48)34-4-2/h11-12,15,18-19,22-23,26,28,31,42-44,47-49H,3-10,13-14,16-17,20-21,24-25,27,29-30,32-41H2,1-2H3,(H,52,53)/b12-11-,18-15-,22-19-,26-23-,31-28-/t42?,43-,44+/m0/s1. The summed E-state index contributed by atoms with van der Waals surface area (Å²) >= 11 is 0. The number of carbonyl (C=O) groups is 2. The number of aliphatic hydroxyl groups excluding tert-OH is 3. The van der Waals surface area contributed by atoms with Gasteiger partial charge in [0.2, 0.25) is 0 Å². The molecule has 0 fully saturated rings. The normalized spacial score (nSPS) is 14.9. The molecule has 0 aliphatic rings. The van der Waals surface area contributed by atoms with Crippen LogP contribution < -0.4 is 0 Å². The maximum Gasteiger partial charge on any atom is 0.472 e. The van der Waals surface area contributed by atoms with Gasteiger partial charge in [-0.2, -0.15) is 0 Å². The average molecular weight is 841 g/mol. The first kappa shape index (κ1) is 55.6. The third kappa shape index (κ3) is 40.4. The Bertz CT molecular complexity index is 1170. The molecule has 0 aliphatic carbocycles. The molecule has 0 aliphatic heterocycles. The molecule has 11 nitrogen and oxygen atoms in total. The summed E-state index contributed by atoms with van der Waals surface area (Å²) < 4.78 is 32.7. The van der Waals surface area contributed by atoms with Crippen molar-refractivity contribution in [2.24, 2.45) is 0 Å². The molecule has 0 bridgehead atoms. The summed E-state index contributed by atoms with van der Waals surface area (Å²) in [6.07, 6.45) is 42.5. The van der Waals surface area contributed by atoms with E-state index >= 15 is 0 Å². The number of aliphatic hydroxyl groups is 3. The minimum Gasteiger partial charge on any atom is -0.462 e. The van der Waals surface area contributed by atoms with Gasteiger partial charge in [0.15, 0.2) is 6.10 Å². The van der Waals surface area contributed by atoms with Crippen molar-refractivity contribution in [1.29, 1.82) is 0 Å². The minimum atomic E-state index is -4.64. The Morgan fingerprint density at radius 2 is 1.03 bits per heavy atom. The Morgan fingerprint density at radius 3 is 1.62 bits per heavy atom. The van der Waals surface area contributed by atoms with Gasteiger partial charge in [0.25, 0.3) is 0 Å². The van der Waals surface area contributed by atoms with Crippen LogP contribution in [0.25, 0.3) is 0 Å². The molecule has 0 aromatic heterocycles. The van der Waals surface area contributed by atoms with E-state index in [4.69, 9.17) is 19.1 Å². The van der Waals surface area contributed by atoms with Crippen molar-refractivity contribution < 1.29 is 52.9 Å². The second-order valence-corrected chi connectivity index (χ2v) is 16.3. The maximum atomic E-state index is 12.6. The van der Waals surface area contributed by atoms with Crippen molar-refractivity contribution in [3.8, 4) is 0 Å². The summed E-state index contributed by atoms with van der Waals surface area (Å²) in [6.45, 7) is 2.10. The summed E-state index contributed by atoms with van der Waals surface area (Å²) in [5.74, 6) is -1.02. The van der Waals surface area contributed by atoms with E-state index in [0.29, 0.717) is 25.7 Å². The van der Waals surface area contributed by atoms with E-state index in [9.17, 15) is 29.3 Å². The van der Waals surface area contributed by atoms with Crippen LogP contribution in [0, 0.1) is 0 Å². The van der Waals surface area contributed by atoms with E-state index in [-0.39, 0.29) is 25.6 Å². The average Bonchev–Trinajstić information content (AvgIpc) is 3.20. The first-order valence-corrected chi connectivity index (χ1v) is 23.8. The molecule has 0 saturated carbocycles. The Morgan fingerprint density at radius 1 is 0.552 bits per heavy atom. The fraction of sp³-hybridized carbons (Fsp3) is 0.739. The number of esters is 2. The van der Waals surface area contributed by atoms with Crippen LogP contribution in [0.3, 0.4) is 0 Å². The molecule has 0 spiro atoms. The molecular formula is C46H81O11P. The Balaban J connectivity index is 4.40. The number of ether oxygens (including phenoxy) is 2. The number of rotatable bonds is 41. The number of phosphoric ester groups is 1. The van der Waals surface area contributed by atoms with Crippen molar-refractivity contribution in [2.45, 2.75) is 193 Å². The zero-order valence-electron chi connectivity index (χ0n) is 36.1. The summed E-state index contributed by atoms with van der Waals surface area (Å²) in [7, 11) is -4.64. The van der Waals surface area contributed by atoms with E-state index in [2.05, 4.69) is 60.9 Å². The Hall–Kier alpha value is -2.37. The molecule has 336 valence electrons. The first-order chi connectivity index (χ1) is 28.1. The molecule has 0 saturated heterocycles. The van der Waals surface area contributed by atoms with Gasteiger partial charge in [0, 0.05) is 12.8 Å². The third-order valence-electron chi connectivity index (χ3n) is 9.20. The molecule has 2 unspecified atom stereocenters. The highest BCUT2D eigenvalue weighted by Crippen LogP contribution is 2.43. The van der Waals surface area contributed by atoms with Crippen molar-refractivity contribution in [3.05, 3.63) is 60.8 Å². The second kappa shape index (κ2) is 41.4. The highest BCUT2D eigenvalue weighted by Gasteiger charge is 2.27. The Kier molecular flexibility index (Phi) is 39.7. The smallest absolute Gasteiger partial charge is 0.462 e. The van der Waals surface area contributed by atoms with Gasteiger partial charge in [0.05, 0.1) is 25.9 Å². The van der Waals surface area contributed by atoms with Gasteiger partial charge in [0.1, 0.15) is 12.7 Å². The van der Waals surface area contributed by atoms with Crippen molar-refractivity contribution >= 4 is 19.8 Å². The number of unbranched alkanes of at least 4 members (excludes halogenated alkanes) is 14. The lowest BCUT2D eigenvalue weighted by atomic mass is 10.1. The molecule has 58 heavy (non-hydrogen) atoms. The summed E-state index contributed by atoms with van der Waals surface area (Å²) in [5, 5.41) is 28.1. The molecule has 0 heterocycles. The number of allylic oxidation sites excluding steroid dienone is 9. The van der Waals surface area contributed by atoms with Crippen LogP contribution in [0.2, 0.25) is 0 Å². The van der Waals surface area contributed by atoms with Crippen LogP contribution in [-0.2, 0) is 32.7 Å². The second-order valence-electron chi connectivity index (χ2n) is 14.9. The van der Waals surface area contributed by atoms with E-state index < -0.39 is 51.8 Å². The van der Waals surface area contributed by atoms with Crippen molar-refractivity contribution in [1.82, 2.24) is 0 Å². The Labute approximate surface area is 351 Å². The zero-order chi connectivity index (χ0) is 42.8. The highest BCUT2D eigenvalue weighted by atomic mass is 31.2. The number of carbonyl (C=O) groups excluding carboxylic acids is 2. The monoisotopic (exact) mass is 841 g/mol. The van der Waals surface area contributed by atoms with Crippen LogP contribution in [0.5, 0.6) is 0 Å². The molecule has 0 aromatic carbocycles. The van der Waals surface area contributed by atoms with Crippen molar-refractivity contribution in [3.63, 3.8) is 0 Å². The number of hydrogen-bond donors (Lipinski definition) is 4. The first-order valence-electron chi connectivity index (χ1n) is 22.3. The van der Waals surface area contributed by atoms with Crippen LogP contribution >= 0.6 is 7.82 Å². The SMILES string of the molecule is CCCCCCCC/C=C\CCCCCCCCCC(=O)O[C@H](COC(=O)CCC/C=C\C/C=C\C/C=C\C/C=C\CC(O)CCC)COP(=O)(O)OC[C@@H](O)CO. The molecule has 4 N–H and O–H groups in total. The van der Waals surface area contributed by atoms with Crippen LogP contribution in [0.1, 0.15) is 174 Å². The predicted octanol–water partition coefficient (Wildman–Crippen LogP) is 10.9. The number of phosphoric acid groups is 1. The van der Waals surface area contributed by atoms with Crippen LogP contribution in [-0.4, -0.2) is 76.9 Å². The lowest BCUT2D eigenvalue weighted by molar-refractivity contribution is -0.161. The lowest BCUT2D eigenvalue weighted by Gasteiger charge is -2.20. The summed E-state index contributed by atoms with van der Waals surface area (Å²) in [5.41, 5.74) is 0. The fourth-order valence-corrected chi connectivity index (χ4v) is 6.55.